The molecule has 5 nitrogen and oxygen atoms in total. The standard InChI is InChI=1S/C22H25FO5/c1-11-8-15-14-5-4-12-9-13(24)6-7-21(12,3)22(14,23)16(25)10-20(15,2)17(11)18(26)19(27)28/h6-7,9,11,14-15,17H,4-5,8,10H2,1-3H3,(H,27,28)/t11-,14+,15+,17-,20+,21+,22+/m1/s1. The van der Waals surface area contributed by atoms with Crippen molar-refractivity contribution in [2.24, 2.45) is 34.5 Å². The first-order chi connectivity index (χ1) is 13.0. The van der Waals surface area contributed by atoms with Crippen LogP contribution in [-0.2, 0) is 19.2 Å². The number of aliphatic carboxylic acids is 1. The van der Waals surface area contributed by atoms with E-state index in [0.717, 1.165) is 0 Å². The van der Waals surface area contributed by atoms with Crippen LogP contribution in [0.5, 0.6) is 0 Å². The lowest BCUT2D eigenvalue weighted by Gasteiger charge is -2.58. The number of Topliss-reactive ketones (excluding diaryl/α,β-unsaturated/α-hetero) is 2. The van der Waals surface area contributed by atoms with E-state index in [-0.39, 0.29) is 24.0 Å². The predicted molar refractivity (Wildman–Crippen MR) is 98.0 cm³/mol. The molecule has 1 N–H and O–H groups in total. The molecule has 6 heteroatoms. The molecule has 0 aliphatic heterocycles. The summed E-state index contributed by atoms with van der Waals surface area (Å²) in [6.45, 7) is 5.30. The quantitative estimate of drug-likeness (QED) is 0.735. The number of alkyl halides is 1. The van der Waals surface area contributed by atoms with Gasteiger partial charge in [0.25, 0.3) is 0 Å². The van der Waals surface area contributed by atoms with Gasteiger partial charge in [-0.1, -0.05) is 25.5 Å². The number of carboxylic acids is 1. The molecule has 0 amide bonds. The SMILES string of the molecule is C[C@@H]1C[C@H]2[C@@H]3CCC4=CC(=O)C=C[C@]4(C)[C@@]3(F)C(=O)C[C@]2(C)[C@H]1C(=O)C(=O)O. The van der Waals surface area contributed by atoms with Crippen molar-refractivity contribution in [1.29, 1.82) is 0 Å². The van der Waals surface area contributed by atoms with Gasteiger partial charge in [-0.2, -0.15) is 0 Å². The van der Waals surface area contributed by atoms with Gasteiger partial charge in [0.2, 0.25) is 5.78 Å². The van der Waals surface area contributed by atoms with Crippen LogP contribution in [0, 0.1) is 34.5 Å². The third kappa shape index (κ3) is 2.12. The van der Waals surface area contributed by atoms with Gasteiger partial charge in [-0.3, -0.25) is 14.4 Å². The maximum atomic E-state index is 16.7. The number of halogens is 1. The minimum atomic E-state index is -2.14. The maximum Gasteiger partial charge on any atom is 0.372 e. The normalized spacial score (nSPS) is 47.1. The average Bonchev–Trinajstić information content (AvgIpc) is 2.86. The smallest absolute Gasteiger partial charge is 0.372 e. The second kappa shape index (κ2) is 5.71. The number of ketones is 3. The van der Waals surface area contributed by atoms with Gasteiger partial charge in [0.05, 0.1) is 0 Å². The molecule has 0 aromatic rings. The number of fused-ring (bicyclic) bond motifs is 5. The number of carboxylic acid groups (broad SMARTS) is 1. The van der Waals surface area contributed by atoms with Crippen LogP contribution in [0.1, 0.15) is 46.5 Å². The topological polar surface area (TPSA) is 88.5 Å². The number of hydrogen-bond donors (Lipinski definition) is 1. The van der Waals surface area contributed by atoms with Gasteiger partial charge >= 0.3 is 5.97 Å². The summed E-state index contributed by atoms with van der Waals surface area (Å²) >= 11 is 0. The van der Waals surface area contributed by atoms with Crippen LogP contribution >= 0.6 is 0 Å². The van der Waals surface area contributed by atoms with Crippen LogP contribution in [0.3, 0.4) is 0 Å². The number of allylic oxidation sites excluding steroid dienone is 4. The number of hydrogen-bond acceptors (Lipinski definition) is 4. The van der Waals surface area contributed by atoms with Crippen LogP contribution < -0.4 is 0 Å². The highest BCUT2D eigenvalue weighted by Gasteiger charge is 2.72. The molecule has 4 aliphatic rings. The summed E-state index contributed by atoms with van der Waals surface area (Å²) in [6.07, 6.45) is 5.65. The van der Waals surface area contributed by atoms with Crippen LogP contribution in [0.2, 0.25) is 0 Å². The molecule has 28 heavy (non-hydrogen) atoms. The van der Waals surface area contributed by atoms with E-state index in [4.69, 9.17) is 0 Å². The summed E-state index contributed by atoms with van der Waals surface area (Å²) in [5.74, 6) is -4.96. The Hall–Kier alpha value is -2.11. The molecule has 4 aliphatic carbocycles. The summed E-state index contributed by atoms with van der Waals surface area (Å²) in [5.41, 5.74) is -3.50. The van der Waals surface area contributed by atoms with Crippen molar-refractivity contribution >= 4 is 23.3 Å². The van der Waals surface area contributed by atoms with Crippen molar-refractivity contribution in [3.8, 4) is 0 Å². The second-order valence-electron chi connectivity index (χ2n) is 9.54. The fourth-order valence-corrected chi connectivity index (χ4v) is 7.00. The van der Waals surface area contributed by atoms with Crippen LogP contribution in [0.4, 0.5) is 4.39 Å². The zero-order chi connectivity index (χ0) is 20.6. The lowest BCUT2D eigenvalue weighted by Crippen LogP contribution is -2.65. The van der Waals surface area contributed by atoms with Crippen LogP contribution in [0.15, 0.2) is 23.8 Å². The van der Waals surface area contributed by atoms with Crippen molar-refractivity contribution in [2.75, 3.05) is 0 Å². The van der Waals surface area contributed by atoms with Gasteiger partial charge in [-0.15, -0.1) is 0 Å². The Morgan fingerprint density at radius 3 is 2.54 bits per heavy atom. The molecule has 0 radical (unpaired) electrons. The Bertz CT molecular complexity index is 872. The van der Waals surface area contributed by atoms with Gasteiger partial charge < -0.3 is 5.11 Å². The first kappa shape index (κ1) is 19.2. The fraction of sp³-hybridized carbons (Fsp3) is 0.636. The van der Waals surface area contributed by atoms with E-state index in [2.05, 4.69) is 0 Å². The summed E-state index contributed by atoms with van der Waals surface area (Å²) in [5, 5.41) is 9.28. The zero-order valence-corrected chi connectivity index (χ0v) is 16.3. The summed E-state index contributed by atoms with van der Waals surface area (Å²) in [6, 6.07) is 0. The van der Waals surface area contributed by atoms with Crippen LogP contribution in [0.25, 0.3) is 0 Å². The molecule has 0 bridgehead atoms. The highest BCUT2D eigenvalue weighted by atomic mass is 19.1. The molecule has 0 saturated heterocycles. The van der Waals surface area contributed by atoms with Gasteiger partial charge in [0.15, 0.2) is 17.2 Å². The van der Waals surface area contributed by atoms with Crippen LogP contribution in [-0.4, -0.2) is 34.1 Å². The van der Waals surface area contributed by atoms with E-state index >= 15 is 4.39 Å². The van der Waals surface area contributed by atoms with Crippen molar-refractivity contribution in [3.05, 3.63) is 23.8 Å². The maximum absolute atomic E-state index is 16.7. The molecule has 7 atom stereocenters. The first-order valence-corrected chi connectivity index (χ1v) is 9.90. The van der Waals surface area contributed by atoms with E-state index in [1.54, 1.807) is 13.8 Å². The van der Waals surface area contributed by atoms with Gasteiger partial charge in [0.1, 0.15) is 0 Å². The third-order valence-electron chi connectivity index (χ3n) is 8.23. The Morgan fingerprint density at radius 1 is 1.21 bits per heavy atom. The molecule has 0 aromatic heterocycles. The number of carbonyl (C=O) groups is 4. The van der Waals surface area contributed by atoms with Crippen molar-refractivity contribution < 1.29 is 28.7 Å². The van der Waals surface area contributed by atoms with E-state index in [0.29, 0.717) is 24.8 Å². The number of rotatable bonds is 2. The Labute approximate surface area is 163 Å². The third-order valence-corrected chi connectivity index (χ3v) is 8.23. The van der Waals surface area contributed by atoms with Crippen molar-refractivity contribution in [2.45, 2.75) is 52.1 Å². The summed E-state index contributed by atoms with van der Waals surface area (Å²) < 4.78 is 16.7. The number of carbonyl (C=O) groups excluding carboxylic acids is 3. The first-order valence-electron chi connectivity index (χ1n) is 9.90. The monoisotopic (exact) mass is 388 g/mol. The molecule has 3 fully saturated rings. The van der Waals surface area contributed by atoms with Gasteiger partial charge in [0, 0.05) is 23.7 Å². The Kier molecular flexibility index (Phi) is 3.92. The van der Waals surface area contributed by atoms with Gasteiger partial charge in [-0.05, 0) is 55.6 Å². The van der Waals surface area contributed by atoms with E-state index < -0.39 is 45.9 Å². The molecule has 0 unspecified atom stereocenters. The fourth-order valence-electron chi connectivity index (χ4n) is 7.00. The zero-order valence-electron chi connectivity index (χ0n) is 16.3. The lowest BCUT2D eigenvalue weighted by atomic mass is 9.45. The summed E-state index contributed by atoms with van der Waals surface area (Å²) in [7, 11) is 0. The van der Waals surface area contributed by atoms with E-state index in [9.17, 15) is 24.3 Å². The minimum Gasteiger partial charge on any atom is -0.475 e. The van der Waals surface area contributed by atoms with Crippen molar-refractivity contribution in [3.63, 3.8) is 0 Å². The Balaban J connectivity index is 1.81. The van der Waals surface area contributed by atoms with E-state index in [1.807, 2.05) is 6.92 Å². The van der Waals surface area contributed by atoms with E-state index in [1.165, 1.54) is 18.2 Å². The van der Waals surface area contributed by atoms with Crippen molar-refractivity contribution in [1.82, 2.24) is 0 Å². The predicted octanol–water partition coefficient (Wildman–Crippen LogP) is 3.08. The molecule has 3 saturated carbocycles. The van der Waals surface area contributed by atoms with Gasteiger partial charge in [-0.25, -0.2) is 9.18 Å². The lowest BCUT2D eigenvalue weighted by molar-refractivity contribution is -0.169. The highest BCUT2D eigenvalue weighted by Crippen LogP contribution is 2.68. The molecule has 150 valence electrons. The molecular weight excluding hydrogens is 363 g/mol. The molecule has 0 spiro atoms. The average molecular weight is 388 g/mol. The molecule has 0 aromatic carbocycles. The molecular formula is C22H25FO5. The highest BCUT2D eigenvalue weighted by molar-refractivity contribution is 6.34. The Morgan fingerprint density at radius 2 is 1.89 bits per heavy atom. The largest absolute Gasteiger partial charge is 0.475 e. The summed E-state index contributed by atoms with van der Waals surface area (Å²) in [4.78, 5) is 48.9. The minimum absolute atomic E-state index is 0.149. The molecule has 4 rings (SSSR count). The molecule has 0 heterocycles. The second-order valence-corrected chi connectivity index (χ2v) is 9.54.